The van der Waals surface area contributed by atoms with E-state index in [1.54, 1.807) is 4.57 Å². The number of nitrogens with zero attached hydrogens (tertiary/aromatic N) is 3. The van der Waals surface area contributed by atoms with Crippen LogP contribution in [0.25, 0.3) is 0 Å². The van der Waals surface area contributed by atoms with E-state index in [-0.39, 0.29) is 31.8 Å². The van der Waals surface area contributed by atoms with Gasteiger partial charge in [-0.3, -0.25) is 4.79 Å². The Bertz CT molecular complexity index is 652. The molecule has 1 aromatic rings. The van der Waals surface area contributed by atoms with Crippen molar-refractivity contribution in [3.63, 3.8) is 0 Å². The van der Waals surface area contributed by atoms with Gasteiger partial charge in [0.15, 0.2) is 5.82 Å². The first-order valence-electron chi connectivity index (χ1n) is 8.20. The summed E-state index contributed by atoms with van der Waals surface area (Å²) >= 11 is 0. The number of halogens is 3. The number of alkyl halides is 3. The van der Waals surface area contributed by atoms with Gasteiger partial charge in [0.05, 0.1) is 17.9 Å². The summed E-state index contributed by atoms with van der Waals surface area (Å²) in [5.74, 6) is -0.536. The highest BCUT2D eigenvalue weighted by Crippen LogP contribution is 2.35. The van der Waals surface area contributed by atoms with Crippen molar-refractivity contribution < 1.29 is 18.0 Å². The Balaban J connectivity index is 1.63. The molecule has 2 heterocycles. The second-order valence-corrected chi connectivity index (χ2v) is 6.87. The van der Waals surface area contributed by atoms with Crippen LogP contribution in [0.3, 0.4) is 0 Å². The molecule has 0 bridgehead atoms. The molecule has 2 atom stereocenters. The molecule has 0 saturated carbocycles. The number of fused-ring (bicyclic) bond motifs is 1. The molecule has 0 aromatic carbocycles. The lowest BCUT2D eigenvalue weighted by atomic mass is 9.78. The van der Waals surface area contributed by atoms with E-state index >= 15 is 0 Å². The summed E-state index contributed by atoms with van der Waals surface area (Å²) in [5, 5.41) is 10.7. The van der Waals surface area contributed by atoms with Crippen LogP contribution in [-0.4, -0.2) is 26.8 Å². The maximum Gasteiger partial charge on any atom is 0.392 e. The minimum Gasteiger partial charge on any atom is -0.348 e. The van der Waals surface area contributed by atoms with Gasteiger partial charge >= 0.3 is 6.18 Å². The van der Waals surface area contributed by atoms with Gasteiger partial charge < -0.3 is 9.88 Å². The molecule has 2 aliphatic rings. The predicted molar refractivity (Wildman–Crippen MR) is 80.8 cm³/mol. The number of carbonyl (C=O) groups is 1. The number of nitrogens with one attached hydrogen (secondary N) is 1. The number of rotatable bonds is 3. The van der Waals surface area contributed by atoms with Crippen LogP contribution in [-0.2, 0) is 24.3 Å². The Morgan fingerprint density at radius 1 is 1.42 bits per heavy atom. The molecule has 132 valence electrons. The SMILES string of the molecule is CC1(C(=O)NCc2nnc3n2CCC(C(F)(F)F)C3)CC=CCC1. The van der Waals surface area contributed by atoms with Crippen molar-refractivity contribution in [2.45, 2.75) is 58.3 Å². The fourth-order valence-corrected chi connectivity index (χ4v) is 3.34. The van der Waals surface area contributed by atoms with Gasteiger partial charge in [-0.25, -0.2) is 0 Å². The first kappa shape index (κ1) is 17.0. The highest BCUT2D eigenvalue weighted by Gasteiger charge is 2.42. The zero-order chi connectivity index (χ0) is 17.4. The fourth-order valence-electron chi connectivity index (χ4n) is 3.34. The zero-order valence-corrected chi connectivity index (χ0v) is 13.6. The van der Waals surface area contributed by atoms with E-state index in [1.165, 1.54) is 0 Å². The molecule has 1 aliphatic carbocycles. The number of allylic oxidation sites excluding steroid dienone is 2. The van der Waals surface area contributed by atoms with Crippen molar-refractivity contribution in [2.75, 3.05) is 0 Å². The van der Waals surface area contributed by atoms with Crippen LogP contribution in [0.2, 0.25) is 0 Å². The van der Waals surface area contributed by atoms with Crippen molar-refractivity contribution in [1.82, 2.24) is 20.1 Å². The second kappa shape index (κ2) is 6.22. The van der Waals surface area contributed by atoms with Crippen molar-refractivity contribution in [1.29, 1.82) is 0 Å². The molecule has 1 aliphatic heterocycles. The van der Waals surface area contributed by atoms with Gasteiger partial charge in [-0.05, 0) is 25.7 Å². The number of hydrogen-bond donors (Lipinski definition) is 1. The summed E-state index contributed by atoms with van der Waals surface area (Å²) in [6.07, 6.45) is 2.13. The number of hydrogen-bond acceptors (Lipinski definition) is 3. The fraction of sp³-hybridized carbons (Fsp3) is 0.688. The van der Waals surface area contributed by atoms with Crippen LogP contribution < -0.4 is 5.32 Å². The maximum absolute atomic E-state index is 12.8. The maximum atomic E-state index is 12.8. The Kier molecular flexibility index (Phi) is 4.40. The second-order valence-electron chi connectivity index (χ2n) is 6.87. The third-order valence-electron chi connectivity index (χ3n) is 5.05. The van der Waals surface area contributed by atoms with Gasteiger partial charge in [0.1, 0.15) is 5.82 Å². The van der Waals surface area contributed by atoms with E-state index in [2.05, 4.69) is 21.6 Å². The number of carbonyl (C=O) groups excluding carboxylic acids is 1. The summed E-state index contributed by atoms with van der Waals surface area (Å²) in [4.78, 5) is 12.4. The Morgan fingerprint density at radius 2 is 2.21 bits per heavy atom. The summed E-state index contributed by atoms with van der Waals surface area (Å²) in [5.41, 5.74) is -0.430. The monoisotopic (exact) mass is 342 g/mol. The molecule has 24 heavy (non-hydrogen) atoms. The molecule has 0 fully saturated rings. The lowest BCUT2D eigenvalue weighted by Gasteiger charge is -2.29. The van der Waals surface area contributed by atoms with Gasteiger partial charge in [-0.2, -0.15) is 13.2 Å². The summed E-state index contributed by atoms with van der Waals surface area (Å²) in [7, 11) is 0. The molecule has 2 unspecified atom stereocenters. The Labute approximate surface area is 138 Å². The largest absolute Gasteiger partial charge is 0.392 e. The van der Waals surface area contributed by atoms with Crippen LogP contribution in [0.4, 0.5) is 13.2 Å². The summed E-state index contributed by atoms with van der Waals surface area (Å²) in [6.45, 7) is 2.36. The van der Waals surface area contributed by atoms with Crippen molar-refractivity contribution >= 4 is 5.91 Å². The van der Waals surface area contributed by atoms with E-state index in [0.29, 0.717) is 18.1 Å². The standard InChI is InChI=1S/C16H21F3N4O/c1-15(6-3-2-4-7-15)14(24)20-10-13-22-21-12-9-11(16(17,18)19)5-8-23(12)13/h2-3,11H,4-10H2,1H3,(H,20,24). The van der Waals surface area contributed by atoms with Crippen molar-refractivity contribution in [3.8, 4) is 0 Å². The smallest absolute Gasteiger partial charge is 0.348 e. The lowest BCUT2D eigenvalue weighted by molar-refractivity contribution is -0.179. The number of amides is 1. The minimum absolute atomic E-state index is 0.0258. The van der Waals surface area contributed by atoms with E-state index < -0.39 is 17.5 Å². The van der Waals surface area contributed by atoms with Crippen molar-refractivity contribution in [2.24, 2.45) is 11.3 Å². The highest BCUT2D eigenvalue weighted by molar-refractivity contribution is 5.82. The Hall–Kier alpha value is -1.86. The van der Waals surface area contributed by atoms with Gasteiger partial charge in [0.25, 0.3) is 0 Å². The van der Waals surface area contributed by atoms with E-state index in [9.17, 15) is 18.0 Å². The third kappa shape index (κ3) is 3.32. The van der Waals surface area contributed by atoms with Crippen molar-refractivity contribution in [3.05, 3.63) is 23.8 Å². The van der Waals surface area contributed by atoms with Crippen LogP contribution in [0.15, 0.2) is 12.2 Å². The predicted octanol–water partition coefficient (Wildman–Crippen LogP) is 2.77. The molecule has 0 saturated heterocycles. The molecule has 1 aromatic heterocycles. The molecule has 3 rings (SSSR count). The molecular weight excluding hydrogens is 321 g/mol. The normalized spacial score (nSPS) is 26.9. The average molecular weight is 342 g/mol. The van der Waals surface area contributed by atoms with Gasteiger partial charge in [-0.1, -0.05) is 19.1 Å². The van der Waals surface area contributed by atoms with Crippen LogP contribution in [0.5, 0.6) is 0 Å². The van der Waals surface area contributed by atoms with Crippen LogP contribution in [0.1, 0.15) is 44.3 Å². The van der Waals surface area contributed by atoms with Gasteiger partial charge in [-0.15, -0.1) is 10.2 Å². The zero-order valence-electron chi connectivity index (χ0n) is 13.6. The molecule has 0 spiro atoms. The quantitative estimate of drug-likeness (QED) is 0.860. The van der Waals surface area contributed by atoms with Crippen LogP contribution >= 0.6 is 0 Å². The van der Waals surface area contributed by atoms with Gasteiger partial charge in [0, 0.05) is 13.0 Å². The summed E-state index contributed by atoms with van der Waals surface area (Å²) < 4.78 is 40.2. The third-order valence-corrected chi connectivity index (χ3v) is 5.05. The molecule has 8 heteroatoms. The molecule has 5 nitrogen and oxygen atoms in total. The average Bonchev–Trinajstić information content (AvgIpc) is 2.94. The Morgan fingerprint density at radius 3 is 2.88 bits per heavy atom. The minimum atomic E-state index is -4.20. The molecule has 0 radical (unpaired) electrons. The number of aromatic nitrogens is 3. The van der Waals surface area contributed by atoms with Gasteiger partial charge in [0.2, 0.25) is 5.91 Å². The highest BCUT2D eigenvalue weighted by atomic mass is 19.4. The summed E-state index contributed by atoms with van der Waals surface area (Å²) in [6, 6.07) is 0. The van der Waals surface area contributed by atoms with E-state index in [4.69, 9.17) is 0 Å². The first-order valence-corrected chi connectivity index (χ1v) is 8.20. The van der Waals surface area contributed by atoms with E-state index in [0.717, 1.165) is 12.8 Å². The molecule has 1 N–H and O–H groups in total. The van der Waals surface area contributed by atoms with Crippen LogP contribution in [0, 0.1) is 11.3 Å². The lowest BCUT2D eigenvalue weighted by Crippen LogP contribution is -2.39. The topological polar surface area (TPSA) is 59.8 Å². The first-order chi connectivity index (χ1) is 11.3. The van der Waals surface area contributed by atoms with E-state index in [1.807, 2.05) is 13.0 Å². The molecule has 1 amide bonds. The molecular formula is C16H21F3N4O.